The van der Waals surface area contributed by atoms with Gasteiger partial charge in [0.25, 0.3) is 0 Å². The second-order valence-corrected chi connectivity index (χ2v) is 9.13. The number of likely N-dealkylation sites (tertiary alicyclic amines) is 1. The number of piperidine rings is 1. The first-order chi connectivity index (χ1) is 15.2. The van der Waals surface area contributed by atoms with Crippen molar-refractivity contribution in [1.29, 1.82) is 5.26 Å². The Labute approximate surface area is 186 Å². The number of nitrogens with zero attached hydrogens (tertiary/aromatic N) is 3. The fourth-order valence-electron chi connectivity index (χ4n) is 4.33. The van der Waals surface area contributed by atoms with E-state index in [1.807, 2.05) is 25.3 Å². The maximum Gasteiger partial charge on any atom is 0.410 e. The fraction of sp³-hybridized carbons (Fsp3) is 0.360. The minimum Gasteiger partial charge on any atom is -0.508 e. The van der Waals surface area contributed by atoms with Crippen LogP contribution in [0.4, 0.5) is 9.18 Å². The maximum atomic E-state index is 13.6. The Balaban J connectivity index is 1.74. The van der Waals surface area contributed by atoms with Crippen LogP contribution in [0, 0.1) is 17.1 Å². The van der Waals surface area contributed by atoms with Crippen LogP contribution in [0.1, 0.15) is 50.8 Å². The van der Waals surface area contributed by atoms with Gasteiger partial charge in [-0.05, 0) is 76.1 Å². The Morgan fingerprint density at radius 3 is 2.41 bits per heavy atom. The van der Waals surface area contributed by atoms with E-state index in [2.05, 4.69) is 6.07 Å². The molecule has 0 atom stereocenters. The number of fused-ring (bicyclic) bond motifs is 1. The molecule has 7 heteroatoms. The molecular weight excluding hydrogens is 409 g/mol. The molecule has 0 aliphatic carbocycles. The Morgan fingerprint density at radius 1 is 1.16 bits per heavy atom. The molecule has 1 N–H and O–H groups in total. The lowest BCUT2D eigenvalue weighted by atomic mass is 9.91. The number of hydrogen-bond donors (Lipinski definition) is 1. The number of amides is 1. The van der Waals surface area contributed by atoms with E-state index in [0.717, 1.165) is 16.9 Å². The Kier molecular flexibility index (Phi) is 5.55. The smallest absolute Gasteiger partial charge is 0.410 e. The zero-order chi connectivity index (χ0) is 23.0. The summed E-state index contributed by atoms with van der Waals surface area (Å²) in [6.07, 6.45) is 0.995. The van der Waals surface area contributed by atoms with Crippen molar-refractivity contribution in [3.8, 4) is 17.5 Å². The molecule has 1 saturated heterocycles. The summed E-state index contributed by atoms with van der Waals surface area (Å²) < 4.78 is 21.1. The lowest BCUT2D eigenvalue weighted by molar-refractivity contribution is 0.0203. The first-order valence-electron chi connectivity index (χ1n) is 10.7. The topological polar surface area (TPSA) is 78.5 Å². The van der Waals surface area contributed by atoms with E-state index in [9.17, 15) is 19.6 Å². The molecule has 2 heterocycles. The SMILES string of the molecule is CC(C)(C)OC(=O)N1CCC(c2c(C#N)c3cc(O)ccc3n2-c2ccc(F)cc2)CC1. The number of benzene rings is 2. The number of rotatable bonds is 2. The minimum absolute atomic E-state index is 0.0166. The van der Waals surface area contributed by atoms with Crippen molar-refractivity contribution in [2.24, 2.45) is 0 Å². The molecule has 32 heavy (non-hydrogen) atoms. The molecule has 0 spiro atoms. The van der Waals surface area contributed by atoms with Crippen molar-refractivity contribution in [3.05, 3.63) is 59.5 Å². The third-order valence-corrected chi connectivity index (χ3v) is 5.72. The number of aromatic nitrogens is 1. The summed E-state index contributed by atoms with van der Waals surface area (Å²) in [6, 6.07) is 13.4. The fourth-order valence-corrected chi connectivity index (χ4v) is 4.33. The lowest BCUT2D eigenvalue weighted by Gasteiger charge is -2.34. The van der Waals surface area contributed by atoms with Gasteiger partial charge in [-0.1, -0.05) is 0 Å². The third kappa shape index (κ3) is 4.13. The summed E-state index contributed by atoms with van der Waals surface area (Å²) in [7, 11) is 0. The van der Waals surface area contributed by atoms with Crippen LogP contribution in [0.2, 0.25) is 0 Å². The van der Waals surface area contributed by atoms with Crippen molar-refractivity contribution in [2.75, 3.05) is 13.1 Å². The molecule has 1 fully saturated rings. The van der Waals surface area contributed by atoms with Crippen LogP contribution in [0.3, 0.4) is 0 Å². The van der Waals surface area contributed by atoms with Gasteiger partial charge < -0.3 is 19.3 Å². The number of carbonyl (C=O) groups excluding carboxylic acids is 1. The zero-order valence-corrected chi connectivity index (χ0v) is 18.4. The zero-order valence-electron chi connectivity index (χ0n) is 18.4. The van der Waals surface area contributed by atoms with Crippen LogP contribution in [0.15, 0.2) is 42.5 Å². The molecule has 0 radical (unpaired) electrons. The van der Waals surface area contributed by atoms with Crippen LogP contribution in [-0.4, -0.2) is 39.4 Å². The molecular formula is C25H26FN3O3. The van der Waals surface area contributed by atoms with E-state index in [-0.39, 0.29) is 23.6 Å². The van der Waals surface area contributed by atoms with Crippen molar-refractivity contribution in [1.82, 2.24) is 9.47 Å². The molecule has 0 saturated carbocycles. The Morgan fingerprint density at radius 2 is 1.81 bits per heavy atom. The van der Waals surface area contributed by atoms with Gasteiger partial charge in [-0.3, -0.25) is 0 Å². The van der Waals surface area contributed by atoms with Gasteiger partial charge in [0, 0.05) is 35.8 Å². The minimum atomic E-state index is -0.557. The number of ether oxygens (including phenoxy) is 1. The van der Waals surface area contributed by atoms with Gasteiger partial charge in [-0.2, -0.15) is 5.26 Å². The van der Waals surface area contributed by atoms with E-state index in [0.29, 0.717) is 36.9 Å². The monoisotopic (exact) mass is 435 g/mol. The summed E-state index contributed by atoms with van der Waals surface area (Å²) in [5.74, 6) is -0.241. The molecule has 4 rings (SSSR count). The van der Waals surface area contributed by atoms with E-state index in [1.165, 1.54) is 12.1 Å². The highest BCUT2D eigenvalue weighted by Crippen LogP contribution is 2.39. The van der Waals surface area contributed by atoms with E-state index in [1.54, 1.807) is 35.2 Å². The van der Waals surface area contributed by atoms with Crippen LogP contribution in [-0.2, 0) is 4.74 Å². The molecule has 2 aromatic carbocycles. The first-order valence-corrected chi connectivity index (χ1v) is 10.7. The van der Waals surface area contributed by atoms with Crippen molar-refractivity contribution < 1.29 is 19.0 Å². The number of hydrogen-bond acceptors (Lipinski definition) is 4. The molecule has 1 aliphatic heterocycles. The van der Waals surface area contributed by atoms with Gasteiger partial charge in [0.2, 0.25) is 0 Å². The average molecular weight is 435 g/mol. The molecule has 0 bridgehead atoms. The summed E-state index contributed by atoms with van der Waals surface area (Å²) in [6.45, 7) is 6.55. The van der Waals surface area contributed by atoms with E-state index >= 15 is 0 Å². The average Bonchev–Trinajstić information content (AvgIpc) is 3.06. The molecule has 1 aromatic heterocycles. The summed E-state index contributed by atoms with van der Waals surface area (Å²) in [5.41, 5.74) is 2.28. The molecule has 1 amide bonds. The van der Waals surface area contributed by atoms with Crippen LogP contribution in [0.25, 0.3) is 16.6 Å². The van der Waals surface area contributed by atoms with Crippen LogP contribution < -0.4 is 0 Å². The van der Waals surface area contributed by atoms with Gasteiger partial charge in [0.05, 0.1) is 11.1 Å². The van der Waals surface area contributed by atoms with Gasteiger partial charge >= 0.3 is 6.09 Å². The highest BCUT2D eigenvalue weighted by molar-refractivity contribution is 5.91. The number of halogens is 1. The largest absolute Gasteiger partial charge is 0.508 e. The maximum absolute atomic E-state index is 13.6. The predicted octanol–water partition coefficient (Wildman–Crippen LogP) is 5.46. The molecule has 6 nitrogen and oxygen atoms in total. The number of phenols is 1. The molecule has 1 aliphatic rings. The normalized spacial score (nSPS) is 15.0. The second kappa shape index (κ2) is 8.19. The Hall–Kier alpha value is -3.53. The van der Waals surface area contributed by atoms with E-state index in [4.69, 9.17) is 4.74 Å². The third-order valence-electron chi connectivity index (χ3n) is 5.72. The highest BCUT2D eigenvalue weighted by atomic mass is 19.1. The molecule has 3 aromatic rings. The van der Waals surface area contributed by atoms with Crippen molar-refractivity contribution in [3.63, 3.8) is 0 Å². The second-order valence-electron chi connectivity index (χ2n) is 9.13. The van der Waals surface area contributed by atoms with Crippen LogP contribution >= 0.6 is 0 Å². The van der Waals surface area contributed by atoms with Gasteiger partial charge in [0.15, 0.2) is 0 Å². The Bertz CT molecular complexity index is 1190. The van der Waals surface area contributed by atoms with E-state index < -0.39 is 5.60 Å². The van der Waals surface area contributed by atoms with Gasteiger partial charge in [-0.15, -0.1) is 0 Å². The quantitative estimate of drug-likeness (QED) is 0.580. The first kappa shape index (κ1) is 21.7. The number of carbonyl (C=O) groups is 1. The standard InChI is InChI=1S/C25H26FN3O3/c1-25(2,3)32-24(31)28-12-10-16(11-13-28)23-21(15-27)20-14-19(30)8-9-22(20)29(23)18-6-4-17(26)5-7-18/h4-9,14,16,30H,10-13H2,1-3H3. The summed E-state index contributed by atoms with van der Waals surface area (Å²) >= 11 is 0. The predicted molar refractivity (Wildman–Crippen MR) is 119 cm³/mol. The number of aromatic hydroxyl groups is 1. The lowest BCUT2D eigenvalue weighted by Crippen LogP contribution is -2.41. The summed E-state index contributed by atoms with van der Waals surface area (Å²) in [4.78, 5) is 14.2. The molecule has 0 unspecified atom stereocenters. The highest BCUT2D eigenvalue weighted by Gasteiger charge is 2.32. The van der Waals surface area contributed by atoms with Crippen LogP contribution in [0.5, 0.6) is 5.75 Å². The molecule has 166 valence electrons. The number of phenolic OH excluding ortho intramolecular Hbond substituents is 1. The van der Waals surface area contributed by atoms with Crippen molar-refractivity contribution in [2.45, 2.75) is 45.1 Å². The van der Waals surface area contributed by atoms with Gasteiger partial charge in [-0.25, -0.2) is 9.18 Å². The van der Waals surface area contributed by atoms with Gasteiger partial charge in [0.1, 0.15) is 23.2 Å². The van der Waals surface area contributed by atoms with Crippen molar-refractivity contribution >= 4 is 17.0 Å². The summed E-state index contributed by atoms with van der Waals surface area (Å²) in [5, 5.41) is 20.7. The number of nitriles is 1.